The predicted octanol–water partition coefficient (Wildman–Crippen LogP) is 3.23. The van der Waals surface area contributed by atoms with Gasteiger partial charge in [-0.15, -0.1) is 6.58 Å². The molecule has 28 heavy (non-hydrogen) atoms. The molecule has 0 saturated carbocycles. The van der Waals surface area contributed by atoms with Crippen molar-refractivity contribution < 1.29 is 0 Å². The van der Waals surface area contributed by atoms with Gasteiger partial charge >= 0.3 is 0 Å². The van der Waals surface area contributed by atoms with Crippen LogP contribution in [0.4, 0.5) is 0 Å². The summed E-state index contributed by atoms with van der Waals surface area (Å²) in [4.78, 5) is 15.0. The number of benzene rings is 2. The maximum absolute atomic E-state index is 12.9. The third kappa shape index (κ3) is 3.77. The maximum atomic E-state index is 12.9. The minimum atomic E-state index is -0.200. The minimum absolute atomic E-state index is 0.200. The molecule has 2 heterocycles. The number of hydrogen-bond donors (Lipinski definition) is 0. The molecule has 4 aromatic rings. The summed E-state index contributed by atoms with van der Waals surface area (Å²) in [7, 11) is 0. The first-order chi connectivity index (χ1) is 13.7. The standard InChI is InChI=1S/C22H21N5O/c1-2-13-25(15-18-9-5-3-6-10-18)17-27-22(28)21-19(14-23-27)16-26(24-21)20-11-7-4-8-12-20/h2-12,14,16H,1,13,15,17H2. The van der Waals surface area contributed by atoms with Gasteiger partial charge in [-0.1, -0.05) is 54.6 Å². The molecule has 2 aromatic heterocycles. The third-order valence-electron chi connectivity index (χ3n) is 4.51. The first-order valence-corrected chi connectivity index (χ1v) is 9.13. The van der Waals surface area contributed by atoms with Gasteiger partial charge in [0, 0.05) is 24.7 Å². The lowest BCUT2D eigenvalue weighted by Gasteiger charge is -2.21. The zero-order valence-corrected chi connectivity index (χ0v) is 15.5. The van der Waals surface area contributed by atoms with Crippen molar-refractivity contribution in [3.05, 3.63) is 102 Å². The van der Waals surface area contributed by atoms with Crippen LogP contribution in [-0.2, 0) is 13.2 Å². The molecular formula is C22H21N5O. The Morgan fingerprint density at radius 1 is 1.04 bits per heavy atom. The molecule has 6 nitrogen and oxygen atoms in total. The fourth-order valence-electron chi connectivity index (χ4n) is 3.15. The van der Waals surface area contributed by atoms with E-state index >= 15 is 0 Å². The normalized spacial score (nSPS) is 11.2. The second-order valence-corrected chi connectivity index (χ2v) is 6.59. The monoisotopic (exact) mass is 371 g/mol. The fourth-order valence-corrected chi connectivity index (χ4v) is 3.15. The summed E-state index contributed by atoms with van der Waals surface area (Å²) >= 11 is 0. The molecule has 0 amide bonds. The van der Waals surface area contributed by atoms with Crippen molar-refractivity contribution in [1.82, 2.24) is 24.5 Å². The van der Waals surface area contributed by atoms with Gasteiger partial charge < -0.3 is 0 Å². The molecule has 0 unspecified atom stereocenters. The van der Waals surface area contributed by atoms with E-state index in [1.165, 1.54) is 10.2 Å². The Kier molecular flexibility index (Phi) is 5.12. The number of rotatable bonds is 7. The van der Waals surface area contributed by atoms with E-state index in [1.54, 1.807) is 10.9 Å². The quantitative estimate of drug-likeness (QED) is 0.468. The molecule has 0 aliphatic rings. The van der Waals surface area contributed by atoms with Crippen molar-refractivity contribution in [3.63, 3.8) is 0 Å². The van der Waals surface area contributed by atoms with E-state index < -0.39 is 0 Å². The second kappa shape index (κ2) is 8.02. The molecule has 4 rings (SSSR count). The van der Waals surface area contributed by atoms with Crippen molar-refractivity contribution in [2.24, 2.45) is 0 Å². The molecule has 140 valence electrons. The van der Waals surface area contributed by atoms with Crippen molar-refractivity contribution >= 4 is 10.9 Å². The third-order valence-corrected chi connectivity index (χ3v) is 4.51. The SMILES string of the molecule is C=CCN(Cc1ccccc1)Cn1ncc2cn(-c3ccccc3)nc2c1=O. The molecule has 0 atom stereocenters. The highest BCUT2D eigenvalue weighted by molar-refractivity contribution is 5.76. The van der Waals surface area contributed by atoms with Crippen LogP contribution >= 0.6 is 0 Å². The Balaban J connectivity index is 1.63. The van der Waals surface area contributed by atoms with Crippen LogP contribution < -0.4 is 5.56 Å². The lowest BCUT2D eigenvalue weighted by atomic mass is 10.2. The summed E-state index contributed by atoms with van der Waals surface area (Å²) in [5.74, 6) is 0. The number of fused-ring (bicyclic) bond motifs is 1. The van der Waals surface area contributed by atoms with E-state index in [1.807, 2.05) is 60.8 Å². The topological polar surface area (TPSA) is 56.0 Å². The molecule has 0 N–H and O–H groups in total. The zero-order chi connectivity index (χ0) is 19.3. The van der Waals surface area contributed by atoms with Gasteiger partial charge in [0.25, 0.3) is 5.56 Å². The number of aromatic nitrogens is 4. The lowest BCUT2D eigenvalue weighted by molar-refractivity contribution is 0.216. The lowest BCUT2D eigenvalue weighted by Crippen LogP contribution is -2.33. The largest absolute Gasteiger partial charge is 0.296 e. The molecule has 2 aromatic carbocycles. The van der Waals surface area contributed by atoms with E-state index in [4.69, 9.17) is 0 Å². The highest BCUT2D eigenvalue weighted by Crippen LogP contribution is 2.12. The molecule has 0 fully saturated rings. The van der Waals surface area contributed by atoms with E-state index in [0.717, 1.165) is 11.1 Å². The fraction of sp³-hybridized carbons (Fsp3) is 0.136. The van der Waals surface area contributed by atoms with Gasteiger partial charge in [-0.3, -0.25) is 9.69 Å². The Morgan fingerprint density at radius 3 is 2.46 bits per heavy atom. The predicted molar refractivity (Wildman–Crippen MR) is 110 cm³/mol. The van der Waals surface area contributed by atoms with Gasteiger partial charge in [0.1, 0.15) is 0 Å². The van der Waals surface area contributed by atoms with Crippen LogP contribution in [0.15, 0.2) is 90.5 Å². The van der Waals surface area contributed by atoms with Crippen LogP contribution in [0.25, 0.3) is 16.6 Å². The molecule has 0 aliphatic carbocycles. The van der Waals surface area contributed by atoms with Crippen molar-refractivity contribution in [3.8, 4) is 5.69 Å². The molecule has 0 saturated heterocycles. The Morgan fingerprint density at radius 2 is 1.75 bits per heavy atom. The minimum Gasteiger partial charge on any atom is -0.276 e. The molecule has 0 aliphatic heterocycles. The van der Waals surface area contributed by atoms with E-state index in [2.05, 4.69) is 33.8 Å². The molecule has 0 spiro atoms. The van der Waals surface area contributed by atoms with Gasteiger partial charge in [0.15, 0.2) is 5.52 Å². The van der Waals surface area contributed by atoms with Crippen molar-refractivity contribution in [1.29, 1.82) is 0 Å². The van der Waals surface area contributed by atoms with Crippen LogP contribution in [-0.4, -0.2) is 31.0 Å². The van der Waals surface area contributed by atoms with Crippen molar-refractivity contribution in [2.75, 3.05) is 6.54 Å². The molecule has 6 heteroatoms. The average Bonchev–Trinajstić information content (AvgIpc) is 3.17. The summed E-state index contributed by atoms with van der Waals surface area (Å²) in [5, 5.41) is 9.56. The summed E-state index contributed by atoms with van der Waals surface area (Å²) in [6.45, 7) is 5.55. The van der Waals surface area contributed by atoms with Gasteiger partial charge in [0.05, 0.1) is 18.6 Å². The first kappa shape index (κ1) is 17.9. The Bertz CT molecular complexity index is 1130. The van der Waals surface area contributed by atoms with Crippen LogP contribution in [0.5, 0.6) is 0 Å². The van der Waals surface area contributed by atoms with Crippen LogP contribution in [0, 0.1) is 0 Å². The summed E-state index contributed by atoms with van der Waals surface area (Å²) in [5.41, 5.74) is 2.29. The van der Waals surface area contributed by atoms with Gasteiger partial charge in [0.2, 0.25) is 0 Å². The molecule has 0 radical (unpaired) electrons. The van der Waals surface area contributed by atoms with Crippen LogP contribution in [0.3, 0.4) is 0 Å². The highest BCUT2D eigenvalue weighted by atomic mass is 16.1. The average molecular weight is 371 g/mol. The van der Waals surface area contributed by atoms with E-state index in [9.17, 15) is 4.79 Å². The Hall–Kier alpha value is -3.51. The highest BCUT2D eigenvalue weighted by Gasteiger charge is 2.12. The van der Waals surface area contributed by atoms with Crippen LogP contribution in [0.1, 0.15) is 5.56 Å². The first-order valence-electron chi connectivity index (χ1n) is 9.13. The van der Waals surface area contributed by atoms with E-state index in [-0.39, 0.29) is 5.56 Å². The van der Waals surface area contributed by atoms with Gasteiger partial charge in [-0.25, -0.2) is 9.36 Å². The second-order valence-electron chi connectivity index (χ2n) is 6.59. The van der Waals surface area contributed by atoms with Crippen LogP contribution in [0.2, 0.25) is 0 Å². The van der Waals surface area contributed by atoms with E-state index in [0.29, 0.717) is 25.3 Å². The van der Waals surface area contributed by atoms with Gasteiger partial charge in [-0.05, 0) is 17.7 Å². The number of nitrogens with zero attached hydrogens (tertiary/aromatic N) is 5. The molecule has 0 bridgehead atoms. The Labute approximate surface area is 163 Å². The molecular weight excluding hydrogens is 350 g/mol. The summed E-state index contributed by atoms with van der Waals surface area (Å²) in [6, 6.07) is 19.9. The number of para-hydroxylation sites is 1. The van der Waals surface area contributed by atoms with Gasteiger partial charge in [-0.2, -0.15) is 10.2 Å². The smallest absolute Gasteiger partial charge is 0.276 e. The summed E-state index contributed by atoms with van der Waals surface area (Å²) in [6.07, 6.45) is 5.35. The maximum Gasteiger partial charge on any atom is 0.296 e. The zero-order valence-electron chi connectivity index (χ0n) is 15.5. The van der Waals surface area contributed by atoms with Crippen molar-refractivity contribution in [2.45, 2.75) is 13.2 Å². The number of hydrogen-bond acceptors (Lipinski definition) is 4. The summed E-state index contributed by atoms with van der Waals surface area (Å²) < 4.78 is 3.17.